The standard InChI is InChI=1S/C30H30N10O2/c1-19(2)39-13-23(11-34-39)26-16-40-30(22(7-31)10-35-40)29(36-26)21-4-5-27(32-9-21)37-14-24-17-42-18-25(15-37)38(24)12-20-3-6-28(41)33-8-20/h3-6,8-11,13,16,19,24-25H,12,14-15,17-18H2,1-2H3,(H,33,41)/t24-,25?/m0/s1. The molecule has 0 amide bonds. The van der Waals surface area contributed by atoms with E-state index in [9.17, 15) is 10.1 Å². The van der Waals surface area contributed by atoms with Gasteiger partial charge in [0.1, 0.15) is 23.0 Å². The predicted molar refractivity (Wildman–Crippen MR) is 156 cm³/mol. The average Bonchev–Trinajstić information content (AvgIpc) is 3.66. The molecule has 0 saturated carbocycles. The number of anilines is 1. The number of fused-ring (bicyclic) bond motifs is 3. The summed E-state index contributed by atoms with van der Waals surface area (Å²) in [6.45, 7) is 7.77. The second kappa shape index (κ2) is 10.5. The zero-order valence-corrected chi connectivity index (χ0v) is 23.4. The van der Waals surface area contributed by atoms with Crippen molar-refractivity contribution in [1.82, 2.24) is 39.2 Å². The maximum Gasteiger partial charge on any atom is 0.247 e. The van der Waals surface area contributed by atoms with Gasteiger partial charge in [-0.2, -0.15) is 15.5 Å². The smallest absolute Gasteiger partial charge is 0.247 e. The van der Waals surface area contributed by atoms with Crippen LogP contribution >= 0.6 is 0 Å². The highest BCUT2D eigenvalue weighted by Crippen LogP contribution is 2.31. The molecule has 1 unspecified atom stereocenters. The first-order valence-electron chi connectivity index (χ1n) is 14.0. The van der Waals surface area contributed by atoms with E-state index in [1.807, 2.05) is 41.5 Å². The van der Waals surface area contributed by atoms with E-state index in [0.29, 0.717) is 35.7 Å². The zero-order chi connectivity index (χ0) is 28.8. The first kappa shape index (κ1) is 26.1. The van der Waals surface area contributed by atoms with Crippen molar-refractivity contribution in [2.24, 2.45) is 0 Å². The van der Waals surface area contributed by atoms with E-state index in [0.717, 1.165) is 42.1 Å². The molecule has 7 heterocycles. The highest BCUT2D eigenvalue weighted by molar-refractivity contribution is 5.83. The van der Waals surface area contributed by atoms with Gasteiger partial charge in [0.15, 0.2) is 0 Å². The summed E-state index contributed by atoms with van der Waals surface area (Å²) in [4.78, 5) is 28.9. The minimum absolute atomic E-state index is 0.0939. The van der Waals surface area contributed by atoms with Crippen LogP contribution in [-0.4, -0.2) is 77.6 Å². The zero-order valence-electron chi connectivity index (χ0n) is 23.4. The molecule has 7 rings (SSSR count). The summed E-state index contributed by atoms with van der Waals surface area (Å²) in [5.74, 6) is 0.888. The van der Waals surface area contributed by atoms with Crippen molar-refractivity contribution in [1.29, 1.82) is 5.26 Å². The number of hydrogen-bond donors (Lipinski definition) is 1. The van der Waals surface area contributed by atoms with E-state index in [-0.39, 0.29) is 23.7 Å². The van der Waals surface area contributed by atoms with E-state index in [2.05, 4.69) is 44.9 Å². The van der Waals surface area contributed by atoms with Crippen LogP contribution < -0.4 is 10.5 Å². The van der Waals surface area contributed by atoms with Crippen molar-refractivity contribution in [3.63, 3.8) is 0 Å². The first-order valence-corrected chi connectivity index (χ1v) is 14.0. The Morgan fingerprint density at radius 3 is 2.55 bits per heavy atom. The summed E-state index contributed by atoms with van der Waals surface area (Å²) < 4.78 is 9.51. The summed E-state index contributed by atoms with van der Waals surface area (Å²) in [5, 5.41) is 18.7. The third-order valence-corrected chi connectivity index (χ3v) is 8.02. The van der Waals surface area contributed by atoms with Crippen LogP contribution in [0.4, 0.5) is 5.82 Å². The Labute approximate surface area is 241 Å². The second-order valence-corrected chi connectivity index (χ2v) is 11.1. The Morgan fingerprint density at radius 1 is 1.05 bits per heavy atom. The van der Waals surface area contributed by atoms with Crippen molar-refractivity contribution in [3.05, 3.63) is 82.9 Å². The number of ether oxygens (including phenoxy) is 1. The highest BCUT2D eigenvalue weighted by Gasteiger charge is 2.38. The Kier molecular flexibility index (Phi) is 6.53. The number of nitrogens with one attached hydrogen (secondary N) is 1. The number of rotatable bonds is 6. The summed E-state index contributed by atoms with van der Waals surface area (Å²) in [6, 6.07) is 10.4. The van der Waals surface area contributed by atoms with Crippen molar-refractivity contribution < 1.29 is 4.74 Å². The maximum absolute atomic E-state index is 11.5. The van der Waals surface area contributed by atoms with Gasteiger partial charge in [0, 0.05) is 61.5 Å². The van der Waals surface area contributed by atoms with Crippen LogP contribution in [-0.2, 0) is 11.3 Å². The van der Waals surface area contributed by atoms with Crippen LogP contribution in [0, 0.1) is 11.3 Å². The van der Waals surface area contributed by atoms with Gasteiger partial charge in [0.05, 0.1) is 55.3 Å². The lowest BCUT2D eigenvalue weighted by molar-refractivity contribution is -0.0620. The fourth-order valence-corrected chi connectivity index (χ4v) is 5.83. The Balaban J connectivity index is 1.17. The monoisotopic (exact) mass is 562 g/mol. The molecule has 2 bridgehead atoms. The summed E-state index contributed by atoms with van der Waals surface area (Å²) in [6.07, 6.45) is 10.8. The van der Waals surface area contributed by atoms with Crippen molar-refractivity contribution in [3.8, 4) is 28.6 Å². The third kappa shape index (κ3) is 4.72. The number of piperazine rings is 1. The maximum atomic E-state index is 11.5. The molecule has 2 atom stereocenters. The molecule has 2 aliphatic rings. The molecule has 12 nitrogen and oxygen atoms in total. The van der Waals surface area contributed by atoms with E-state index < -0.39 is 0 Å². The van der Waals surface area contributed by atoms with Crippen LogP contribution in [0.15, 0.2) is 66.2 Å². The molecule has 5 aromatic rings. The molecule has 12 heteroatoms. The number of pyridine rings is 2. The van der Waals surface area contributed by atoms with E-state index in [1.165, 1.54) is 0 Å². The molecule has 5 aromatic heterocycles. The summed E-state index contributed by atoms with van der Waals surface area (Å²) in [7, 11) is 0. The summed E-state index contributed by atoms with van der Waals surface area (Å²) >= 11 is 0. The Morgan fingerprint density at radius 2 is 1.88 bits per heavy atom. The fourth-order valence-electron chi connectivity index (χ4n) is 5.83. The van der Waals surface area contributed by atoms with Crippen LogP contribution in [0.1, 0.15) is 31.0 Å². The molecule has 0 aliphatic carbocycles. The van der Waals surface area contributed by atoms with Gasteiger partial charge in [-0.15, -0.1) is 0 Å². The molecule has 0 aromatic carbocycles. The molecule has 1 N–H and O–H groups in total. The van der Waals surface area contributed by atoms with Crippen molar-refractivity contribution >= 4 is 11.3 Å². The first-order chi connectivity index (χ1) is 20.5. The van der Waals surface area contributed by atoms with Crippen LogP contribution in [0.3, 0.4) is 0 Å². The number of hydrogen-bond acceptors (Lipinski definition) is 9. The van der Waals surface area contributed by atoms with Crippen LogP contribution in [0.25, 0.3) is 28.0 Å². The van der Waals surface area contributed by atoms with Crippen molar-refractivity contribution in [2.75, 3.05) is 31.2 Å². The number of aromatic amines is 1. The summed E-state index contributed by atoms with van der Waals surface area (Å²) in [5.41, 5.74) is 5.13. The fraction of sp³-hybridized carbons (Fsp3) is 0.333. The molecule has 42 heavy (non-hydrogen) atoms. The van der Waals surface area contributed by atoms with Gasteiger partial charge in [-0.3, -0.25) is 14.4 Å². The molecule has 2 saturated heterocycles. The topological polar surface area (TPSA) is 133 Å². The van der Waals surface area contributed by atoms with Crippen LogP contribution in [0.2, 0.25) is 0 Å². The lowest BCUT2D eigenvalue weighted by atomic mass is 10.0. The number of nitrogens with zero attached hydrogens (tertiary/aromatic N) is 9. The number of nitriles is 1. The lowest BCUT2D eigenvalue weighted by Gasteiger charge is -2.50. The number of morpholine rings is 1. The number of H-pyrrole nitrogens is 1. The van der Waals surface area contributed by atoms with Gasteiger partial charge in [-0.25, -0.2) is 14.5 Å². The Bertz CT molecular complexity index is 1810. The normalized spacial score (nSPS) is 19.0. The third-order valence-electron chi connectivity index (χ3n) is 8.02. The van der Waals surface area contributed by atoms with E-state index in [1.54, 1.807) is 29.2 Å². The molecular formula is C30H30N10O2. The van der Waals surface area contributed by atoms with Crippen LogP contribution in [0.5, 0.6) is 0 Å². The van der Waals surface area contributed by atoms with Gasteiger partial charge in [0.2, 0.25) is 5.56 Å². The second-order valence-electron chi connectivity index (χ2n) is 11.1. The van der Waals surface area contributed by atoms with Gasteiger partial charge in [0.25, 0.3) is 0 Å². The molecule has 0 radical (unpaired) electrons. The van der Waals surface area contributed by atoms with Gasteiger partial charge >= 0.3 is 0 Å². The average molecular weight is 563 g/mol. The minimum atomic E-state index is -0.0939. The minimum Gasteiger partial charge on any atom is -0.378 e. The molecule has 0 spiro atoms. The SMILES string of the molecule is CC(C)n1cc(-c2cn3ncc(C#N)c3c(-c3ccc(N4CC5COC[C@H](C4)N5Cc4ccc(=O)[nH]c4)nc3)n2)cn1. The molecular weight excluding hydrogens is 532 g/mol. The largest absolute Gasteiger partial charge is 0.378 e. The van der Waals surface area contributed by atoms with Gasteiger partial charge in [-0.1, -0.05) is 6.07 Å². The van der Waals surface area contributed by atoms with Gasteiger partial charge < -0.3 is 14.6 Å². The van der Waals surface area contributed by atoms with Gasteiger partial charge in [-0.05, 0) is 31.5 Å². The molecule has 2 aliphatic heterocycles. The molecule has 2 fully saturated rings. The van der Waals surface area contributed by atoms with Crippen molar-refractivity contribution in [2.45, 2.75) is 38.5 Å². The predicted octanol–water partition coefficient (Wildman–Crippen LogP) is 2.89. The quantitative estimate of drug-likeness (QED) is 0.332. The van der Waals surface area contributed by atoms with E-state index in [4.69, 9.17) is 14.7 Å². The molecule has 212 valence electrons. The number of aromatic nitrogens is 7. The lowest BCUT2D eigenvalue weighted by Crippen LogP contribution is -2.64. The van der Waals surface area contributed by atoms with E-state index >= 15 is 0 Å². The highest BCUT2D eigenvalue weighted by atomic mass is 16.5. The Hall–Kier alpha value is -4.86.